The summed E-state index contributed by atoms with van der Waals surface area (Å²) in [6.45, 7) is 6.30. The third-order valence-electron chi connectivity index (χ3n) is 5.28. The number of hydrogen-bond donors (Lipinski definition) is 1. The van der Waals surface area contributed by atoms with Crippen LogP contribution >= 0.6 is 11.3 Å². The fourth-order valence-corrected chi connectivity index (χ4v) is 4.37. The first-order chi connectivity index (χ1) is 13.6. The molecule has 0 aliphatic carbocycles. The lowest BCUT2D eigenvalue weighted by Gasteiger charge is -2.34. The molecule has 1 amide bonds. The molecule has 4 rings (SSSR count). The number of hydrogen-bond acceptors (Lipinski definition) is 4. The van der Waals surface area contributed by atoms with Crippen molar-refractivity contribution in [1.82, 2.24) is 4.90 Å². The summed E-state index contributed by atoms with van der Waals surface area (Å²) >= 11 is 1.48. The lowest BCUT2D eigenvalue weighted by atomic mass is 10.1. The number of carbonyl (C=O) groups excluding carboxylic acids is 1. The molecule has 2 heterocycles. The zero-order valence-corrected chi connectivity index (χ0v) is 17.1. The van der Waals surface area contributed by atoms with Crippen LogP contribution in [0.25, 0.3) is 11.1 Å². The first kappa shape index (κ1) is 18.7. The van der Waals surface area contributed by atoms with Crippen molar-refractivity contribution in [3.8, 4) is 11.1 Å². The molecule has 1 aliphatic heterocycles. The van der Waals surface area contributed by atoms with Gasteiger partial charge in [0.2, 0.25) is 0 Å². The second-order valence-electron chi connectivity index (χ2n) is 7.27. The molecule has 0 saturated carbocycles. The Labute approximate surface area is 170 Å². The average molecular weight is 392 g/mol. The van der Waals surface area contributed by atoms with Gasteiger partial charge in [-0.15, -0.1) is 11.3 Å². The summed E-state index contributed by atoms with van der Waals surface area (Å²) < 4.78 is 0. The van der Waals surface area contributed by atoms with Crippen LogP contribution in [0.5, 0.6) is 0 Å². The number of aryl methyl sites for hydroxylation is 1. The lowest BCUT2D eigenvalue weighted by Crippen LogP contribution is -2.44. The number of amides is 1. The van der Waals surface area contributed by atoms with Gasteiger partial charge in [0.1, 0.15) is 0 Å². The summed E-state index contributed by atoms with van der Waals surface area (Å²) in [6, 6.07) is 18.4. The van der Waals surface area contributed by atoms with Gasteiger partial charge in [-0.1, -0.05) is 30.3 Å². The molecule has 0 bridgehead atoms. The number of carbonyl (C=O) groups is 1. The Bertz CT molecular complexity index is 959. The van der Waals surface area contributed by atoms with E-state index in [0.717, 1.165) is 53.4 Å². The molecule has 1 aromatic heterocycles. The van der Waals surface area contributed by atoms with E-state index < -0.39 is 0 Å². The highest BCUT2D eigenvalue weighted by molar-refractivity contribution is 7.12. The fraction of sp³-hybridized carbons (Fsp3) is 0.261. The Morgan fingerprint density at radius 2 is 1.75 bits per heavy atom. The molecule has 0 spiro atoms. The first-order valence-corrected chi connectivity index (χ1v) is 10.5. The van der Waals surface area contributed by atoms with E-state index in [1.165, 1.54) is 17.0 Å². The predicted octanol–water partition coefficient (Wildman–Crippen LogP) is 4.73. The van der Waals surface area contributed by atoms with E-state index >= 15 is 0 Å². The molecular weight excluding hydrogens is 366 g/mol. The standard InChI is InChI=1S/C23H25N3OS/c1-17-16-19(26-13-11-25(2)12-14-26)8-9-21(17)24-23(27)22-20(10-15-28-22)18-6-4-3-5-7-18/h3-10,15-16H,11-14H2,1-2H3,(H,24,27). The van der Waals surface area contributed by atoms with Crippen LogP contribution < -0.4 is 10.2 Å². The second kappa shape index (κ2) is 8.17. The van der Waals surface area contributed by atoms with Crippen LogP contribution in [-0.4, -0.2) is 44.0 Å². The van der Waals surface area contributed by atoms with Crippen molar-refractivity contribution in [3.63, 3.8) is 0 Å². The van der Waals surface area contributed by atoms with E-state index in [1.54, 1.807) is 0 Å². The van der Waals surface area contributed by atoms with Crippen molar-refractivity contribution in [3.05, 3.63) is 70.4 Å². The van der Waals surface area contributed by atoms with E-state index in [9.17, 15) is 4.79 Å². The average Bonchev–Trinajstić information content (AvgIpc) is 3.21. The molecule has 2 aromatic carbocycles. The minimum absolute atomic E-state index is 0.0516. The van der Waals surface area contributed by atoms with E-state index in [-0.39, 0.29) is 5.91 Å². The first-order valence-electron chi connectivity index (χ1n) is 9.60. The summed E-state index contributed by atoms with van der Waals surface area (Å²) in [7, 11) is 2.16. The molecule has 1 fully saturated rings. The Kier molecular flexibility index (Phi) is 5.46. The zero-order chi connectivity index (χ0) is 19.5. The normalized spacial score (nSPS) is 14.9. The van der Waals surface area contributed by atoms with Crippen LogP contribution in [0.1, 0.15) is 15.2 Å². The number of likely N-dealkylation sites (N-methyl/N-ethyl adjacent to an activating group) is 1. The molecule has 1 aliphatic rings. The summed E-state index contributed by atoms with van der Waals surface area (Å²) in [5, 5.41) is 5.08. The van der Waals surface area contributed by atoms with Gasteiger partial charge in [-0.3, -0.25) is 4.79 Å². The third kappa shape index (κ3) is 3.96. The smallest absolute Gasteiger partial charge is 0.266 e. The number of anilines is 2. The number of piperazine rings is 1. The van der Waals surface area contributed by atoms with Gasteiger partial charge in [0, 0.05) is 43.1 Å². The van der Waals surface area contributed by atoms with Crippen LogP contribution in [-0.2, 0) is 0 Å². The quantitative estimate of drug-likeness (QED) is 0.698. The van der Waals surface area contributed by atoms with Crippen LogP contribution in [0.2, 0.25) is 0 Å². The number of rotatable bonds is 4. The van der Waals surface area contributed by atoms with E-state index in [4.69, 9.17) is 0 Å². The van der Waals surface area contributed by atoms with Crippen molar-refractivity contribution in [2.24, 2.45) is 0 Å². The van der Waals surface area contributed by atoms with Gasteiger partial charge in [0.05, 0.1) is 4.88 Å². The van der Waals surface area contributed by atoms with Crippen LogP contribution in [0.4, 0.5) is 11.4 Å². The Morgan fingerprint density at radius 1 is 1.00 bits per heavy atom. The van der Waals surface area contributed by atoms with Crippen LogP contribution in [0.15, 0.2) is 60.0 Å². The molecular formula is C23H25N3OS. The molecule has 0 radical (unpaired) electrons. The minimum Gasteiger partial charge on any atom is -0.369 e. The van der Waals surface area contributed by atoms with Gasteiger partial charge >= 0.3 is 0 Å². The second-order valence-corrected chi connectivity index (χ2v) is 8.19. The molecule has 0 atom stereocenters. The third-order valence-corrected chi connectivity index (χ3v) is 6.20. The molecule has 28 heavy (non-hydrogen) atoms. The van der Waals surface area contributed by atoms with Crippen molar-refractivity contribution in [1.29, 1.82) is 0 Å². The highest BCUT2D eigenvalue weighted by Crippen LogP contribution is 2.30. The molecule has 3 aromatic rings. The molecule has 1 saturated heterocycles. The molecule has 4 nitrogen and oxygen atoms in total. The molecule has 0 unspecified atom stereocenters. The topological polar surface area (TPSA) is 35.6 Å². The zero-order valence-electron chi connectivity index (χ0n) is 16.3. The van der Waals surface area contributed by atoms with Crippen molar-refractivity contribution in [2.45, 2.75) is 6.92 Å². The lowest BCUT2D eigenvalue weighted by molar-refractivity contribution is 0.103. The van der Waals surface area contributed by atoms with Crippen molar-refractivity contribution in [2.75, 3.05) is 43.4 Å². The number of thiophene rings is 1. The molecule has 5 heteroatoms. The summed E-state index contributed by atoms with van der Waals surface area (Å²) in [5.74, 6) is -0.0516. The Morgan fingerprint density at radius 3 is 2.46 bits per heavy atom. The van der Waals surface area contributed by atoms with Crippen LogP contribution in [0, 0.1) is 6.92 Å². The van der Waals surface area contributed by atoms with Gasteiger partial charge in [-0.25, -0.2) is 0 Å². The van der Waals surface area contributed by atoms with Crippen molar-refractivity contribution >= 4 is 28.6 Å². The van der Waals surface area contributed by atoms with Gasteiger partial charge in [-0.2, -0.15) is 0 Å². The number of nitrogens with one attached hydrogen (secondary N) is 1. The Hall–Kier alpha value is -2.63. The van der Waals surface area contributed by atoms with Gasteiger partial charge in [0.25, 0.3) is 5.91 Å². The van der Waals surface area contributed by atoms with Gasteiger partial charge in [-0.05, 0) is 54.7 Å². The Balaban J connectivity index is 1.51. The number of benzene rings is 2. The highest BCUT2D eigenvalue weighted by Gasteiger charge is 2.17. The fourth-order valence-electron chi connectivity index (χ4n) is 3.56. The van der Waals surface area contributed by atoms with Crippen LogP contribution in [0.3, 0.4) is 0 Å². The largest absolute Gasteiger partial charge is 0.369 e. The minimum atomic E-state index is -0.0516. The maximum atomic E-state index is 12.9. The number of nitrogens with zero attached hydrogens (tertiary/aromatic N) is 2. The van der Waals surface area contributed by atoms with E-state index in [2.05, 4.69) is 41.2 Å². The van der Waals surface area contributed by atoms with Crippen molar-refractivity contribution < 1.29 is 4.79 Å². The summed E-state index contributed by atoms with van der Waals surface area (Å²) in [6.07, 6.45) is 0. The monoisotopic (exact) mass is 391 g/mol. The van der Waals surface area contributed by atoms with Gasteiger partial charge < -0.3 is 15.1 Å². The summed E-state index contributed by atoms with van der Waals surface area (Å²) in [4.78, 5) is 18.4. The van der Waals surface area contributed by atoms with Gasteiger partial charge in [0.15, 0.2) is 0 Å². The predicted molar refractivity (Wildman–Crippen MR) is 119 cm³/mol. The SMILES string of the molecule is Cc1cc(N2CCN(C)CC2)ccc1NC(=O)c1sccc1-c1ccccc1. The summed E-state index contributed by atoms with van der Waals surface area (Å²) in [5.41, 5.74) is 5.23. The molecule has 1 N–H and O–H groups in total. The molecule has 144 valence electrons. The maximum absolute atomic E-state index is 12.9. The highest BCUT2D eigenvalue weighted by atomic mass is 32.1. The van der Waals surface area contributed by atoms with E-state index in [1.807, 2.05) is 47.8 Å². The van der Waals surface area contributed by atoms with E-state index in [0.29, 0.717) is 0 Å². The maximum Gasteiger partial charge on any atom is 0.266 e.